The van der Waals surface area contributed by atoms with E-state index in [1.165, 1.54) is 0 Å². The van der Waals surface area contributed by atoms with Crippen molar-refractivity contribution in [3.05, 3.63) is 0 Å². The van der Waals surface area contributed by atoms with Crippen molar-refractivity contribution < 1.29 is 18.3 Å². The number of likely N-dealkylation sites (tertiary alicyclic amines) is 1. The molecule has 110 valence electrons. The van der Waals surface area contributed by atoms with Gasteiger partial charge in [0.15, 0.2) is 9.84 Å². The summed E-state index contributed by atoms with van der Waals surface area (Å²) in [6.45, 7) is 4.01. The highest BCUT2D eigenvalue weighted by atomic mass is 32.2. The van der Waals surface area contributed by atoms with E-state index in [0.29, 0.717) is 13.0 Å². The third kappa shape index (κ3) is 3.39. The van der Waals surface area contributed by atoms with Gasteiger partial charge in [-0.15, -0.1) is 0 Å². The van der Waals surface area contributed by atoms with Crippen LogP contribution in [0.3, 0.4) is 0 Å². The fourth-order valence-electron chi connectivity index (χ4n) is 2.91. The first kappa shape index (κ1) is 14.6. The fourth-order valence-corrected chi connectivity index (χ4v) is 4.58. The molecule has 0 unspecified atom stereocenters. The summed E-state index contributed by atoms with van der Waals surface area (Å²) in [5, 5.41) is 12.8. The number of aliphatic hydroxyl groups is 1. The molecule has 6 nitrogen and oxygen atoms in total. The summed E-state index contributed by atoms with van der Waals surface area (Å²) in [4.78, 5) is 13.8. The highest BCUT2D eigenvalue weighted by Gasteiger charge is 2.39. The lowest BCUT2D eigenvalue weighted by Gasteiger charge is -2.34. The standard InChI is InChI=1S/C12H22N2O4S/c1-12(2,16)10-4-3-6-14(10)11(15)13-9-5-7-19(17,18)8-9/h9-10,16H,3-8H2,1-2H3,(H,13,15)/t9-,10-/m1/s1. The smallest absolute Gasteiger partial charge is 0.317 e. The number of nitrogens with zero attached hydrogens (tertiary/aromatic N) is 1. The lowest BCUT2D eigenvalue weighted by Crippen LogP contribution is -2.53. The Kier molecular flexibility index (Phi) is 3.79. The number of carbonyl (C=O) groups is 1. The fraction of sp³-hybridized carbons (Fsp3) is 0.917. The molecule has 2 saturated heterocycles. The van der Waals surface area contributed by atoms with Crippen molar-refractivity contribution in [1.82, 2.24) is 10.2 Å². The zero-order valence-electron chi connectivity index (χ0n) is 11.4. The van der Waals surface area contributed by atoms with Crippen LogP contribution in [0.5, 0.6) is 0 Å². The molecule has 0 bridgehead atoms. The zero-order valence-corrected chi connectivity index (χ0v) is 12.2. The average Bonchev–Trinajstić information content (AvgIpc) is 2.83. The van der Waals surface area contributed by atoms with Gasteiger partial charge in [0.2, 0.25) is 0 Å². The Morgan fingerprint density at radius 1 is 1.37 bits per heavy atom. The molecule has 0 aliphatic carbocycles. The van der Waals surface area contributed by atoms with Crippen LogP contribution in [0.1, 0.15) is 33.1 Å². The largest absolute Gasteiger partial charge is 0.388 e. The average molecular weight is 290 g/mol. The van der Waals surface area contributed by atoms with E-state index in [-0.39, 0.29) is 29.6 Å². The summed E-state index contributed by atoms with van der Waals surface area (Å²) in [6, 6.07) is -0.752. The van der Waals surface area contributed by atoms with Crippen LogP contribution in [0, 0.1) is 0 Å². The Morgan fingerprint density at radius 3 is 2.58 bits per heavy atom. The van der Waals surface area contributed by atoms with Crippen molar-refractivity contribution in [2.24, 2.45) is 0 Å². The van der Waals surface area contributed by atoms with Crippen LogP contribution in [0.25, 0.3) is 0 Å². The summed E-state index contributed by atoms with van der Waals surface area (Å²) in [6.07, 6.45) is 2.13. The van der Waals surface area contributed by atoms with Crippen molar-refractivity contribution in [2.75, 3.05) is 18.1 Å². The summed E-state index contributed by atoms with van der Waals surface area (Å²) in [5.74, 6) is 0.173. The van der Waals surface area contributed by atoms with Gasteiger partial charge in [-0.2, -0.15) is 0 Å². The maximum atomic E-state index is 12.2. The monoisotopic (exact) mass is 290 g/mol. The molecule has 0 spiro atoms. The molecule has 7 heteroatoms. The van der Waals surface area contributed by atoms with Gasteiger partial charge in [-0.1, -0.05) is 0 Å². The summed E-state index contributed by atoms with van der Waals surface area (Å²) in [5.41, 5.74) is -0.935. The van der Waals surface area contributed by atoms with Gasteiger partial charge in [-0.25, -0.2) is 13.2 Å². The van der Waals surface area contributed by atoms with Gasteiger partial charge in [-0.3, -0.25) is 0 Å². The van der Waals surface area contributed by atoms with Crippen LogP contribution in [0.2, 0.25) is 0 Å². The maximum Gasteiger partial charge on any atom is 0.317 e. The van der Waals surface area contributed by atoms with Crippen molar-refractivity contribution in [3.8, 4) is 0 Å². The summed E-state index contributed by atoms with van der Waals surface area (Å²) in [7, 11) is -2.99. The third-order valence-electron chi connectivity index (χ3n) is 3.89. The molecule has 2 amide bonds. The number of hydrogen-bond acceptors (Lipinski definition) is 4. The Labute approximate surface area is 114 Å². The maximum absolute atomic E-state index is 12.2. The van der Waals surface area contributed by atoms with E-state index in [2.05, 4.69) is 5.32 Å². The molecule has 0 saturated carbocycles. The van der Waals surface area contributed by atoms with Crippen molar-refractivity contribution in [1.29, 1.82) is 0 Å². The molecule has 2 aliphatic heterocycles. The minimum absolute atomic E-state index is 0.0275. The molecule has 2 heterocycles. The number of sulfone groups is 1. The molecule has 2 fully saturated rings. The number of rotatable bonds is 2. The van der Waals surface area contributed by atoms with Crippen LogP contribution in [0.4, 0.5) is 4.79 Å². The summed E-state index contributed by atoms with van der Waals surface area (Å²) < 4.78 is 22.7. The molecule has 0 aromatic rings. The molecule has 2 N–H and O–H groups in total. The van der Waals surface area contributed by atoms with Crippen LogP contribution >= 0.6 is 0 Å². The first-order valence-electron chi connectivity index (χ1n) is 6.69. The number of amides is 2. The minimum atomic E-state index is -2.99. The Hall–Kier alpha value is -0.820. The third-order valence-corrected chi connectivity index (χ3v) is 5.66. The van der Waals surface area contributed by atoms with E-state index in [4.69, 9.17) is 0 Å². The van der Waals surface area contributed by atoms with Gasteiger partial charge in [0.05, 0.1) is 23.1 Å². The molecule has 0 radical (unpaired) electrons. The molecular formula is C12H22N2O4S. The number of hydrogen-bond donors (Lipinski definition) is 2. The highest BCUT2D eigenvalue weighted by Crippen LogP contribution is 2.27. The second kappa shape index (κ2) is 4.94. The minimum Gasteiger partial charge on any atom is -0.388 e. The van der Waals surface area contributed by atoms with Gasteiger partial charge in [0, 0.05) is 12.6 Å². The van der Waals surface area contributed by atoms with E-state index in [1.54, 1.807) is 18.7 Å². The number of urea groups is 1. The highest BCUT2D eigenvalue weighted by molar-refractivity contribution is 7.91. The predicted molar refractivity (Wildman–Crippen MR) is 71.6 cm³/mol. The molecule has 19 heavy (non-hydrogen) atoms. The van der Waals surface area contributed by atoms with Crippen molar-refractivity contribution >= 4 is 15.9 Å². The van der Waals surface area contributed by atoms with Gasteiger partial charge < -0.3 is 15.3 Å². The molecule has 0 aromatic carbocycles. The lowest BCUT2D eigenvalue weighted by molar-refractivity contribution is 0.00954. The first-order valence-corrected chi connectivity index (χ1v) is 8.51. The van der Waals surface area contributed by atoms with E-state index in [0.717, 1.165) is 12.8 Å². The van der Waals surface area contributed by atoms with E-state index < -0.39 is 15.4 Å². The molecule has 0 aromatic heterocycles. The zero-order chi connectivity index (χ0) is 14.3. The molecule has 2 rings (SSSR count). The first-order chi connectivity index (χ1) is 8.69. The Morgan fingerprint density at radius 2 is 2.05 bits per heavy atom. The topological polar surface area (TPSA) is 86.7 Å². The van der Waals surface area contributed by atoms with Gasteiger partial charge in [0.25, 0.3) is 0 Å². The molecule has 2 atom stereocenters. The second-order valence-corrected chi connectivity index (χ2v) is 8.28. The predicted octanol–water partition coefficient (Wildman–Crippen LogP) is 0.118. The quantitative estimate of drug-likeness (QED) is 0.756. The second-order valence-electron chi connectivity index (χ2n) is 6.05. The Bertz CT molecular complexity index is 455. The summed E-state index contributed by atoms with van der Waals surface area (Å²) >= 11 is 0. The van der Waals surface area contributed by atoms with E-state index >= 15 is 0 Å². The van der Waals surface area contributed by atoms with Crippen LogP contribution < -0.4 is 5.32 Å². The molecular weight excluding hydrogens is 268 g/mol. The SMILES string of the molecule is CC(C)(O)[C@H]1CCCN1C(=O)N[C@@H]1CCS(=O)(=O)C1. The molecule has 2 aliphatic rings. The van der Waals surface area contributed by atoms with Gasteiger partial charge in [-0.05, 0) is 33.1 Å². The van der Waals surface area contributed by atoms with E-state index in [1.807, 2.05) is 0 Å². The normalized spacial score (nSPS) is 30.6. The van der Waals surface area contributed by atoms with Crippen LogP contribution in [-0.4, -0.2) is 60.2 Å². The Balaban J connectivity index is 1.97. The van der Waals surface area contributed by atoms with Crippen LogP contribution in [0.15, 0.2) is 0 Å². The lowest BCUT2D eigenvalue weighted by atomic mass is 9.97. The van der Waals surface area contributed by atoms with E-state index in [9.17, 15) is 18.3 Å². The number of nitrogens with one attached hydrogen (secondary N) is 1. The number of carbonyl (C=O) groups excluding carboxylic acids is 1. The van der Waals surface area contributed by atoms with Gasteiger partial charge in [0.1, 0.15) is 0 Å². The van der Waals surface area contributed by atoms with Crippen molar-refractivity contribution in [3.63, 3.8) is 0 Å². The van der Waals surface area contributed by atoms with Crippen molar-refractivity contribution in [2.45, 2.75) is 50.8 Å². The van der Waals surface area contributed by atoms with Crippen LogP contribution in [-0.2, 0) is 9.84 Å². The van der Waals surface area contributed by atoms with Gasteiger partial charge >= 0.3 is 6.03 Å².